The lowest BCUT2D eigenvalue weighted by Gasteiger charge is -2.26. The van der Waals surface area contributed by atoms with Gasteiger partial charge in [0, 0.05) is 26.2 Å². The smallest absolute Gasteiger partial charge is 0.187 e. The van der Waals surface area contributed by atoms with Gasteiger partial charge in [0.25, 0.3) is 0 Å². The molecule has 0 aromatic heterocycles. The van der Waals surface area contributed by atoms with Crippen molar-refractivity contribution >= 4 is 23.0 Å². The largest absolute Gasteiger partial charge is 0.494 e. The van der Waals surface area contributed by atoms with Gasteiger partial charge < -0.3 is 14.8 Å². The second kappa shape index (κ2) is 10.2. The van der Waals surface area contributed by atoms with E-state index in [9.17, 15) is 0 Å². The summed E-state index contributed by atoms with van der Waals surface area (Å²) >= 11 is 5.25. The Kier molecular flexibility index (Phi) is 7.94. The van der Waals surface area contributed by atoms with Gasteiger partial charge in [-0.3, -0.25) is 10.3 Å². The summed E-state index contributed by atoms with van der Waals surface area (Å²) in [5.74, 6) is 0.863. The molecule has 1 aromatic carbocycles. The minimum absolute atomic E-state index is 0.536. The summed E-state index contributed by atoms with van der Waals surface area (Å²) in [6.45, 7) is 9.92. The van der Waals surface area contributed by atoms with E-state index in [0.717, 1.165) is 56.4 Å². The number of rotatable bonds is 7. The van der Waals surface area contributed by atoms with Crippen molar-refractivity contribution in [1.29, 1.82) is 0 Å². The third kappa shape index (κ3) is 6.43. The molecule has 2 N–H and O–H groups in total. The maximum Gasteiger partial charge on any atom is 0.187 e. The molecular formula is C17H26N4O2S. The lowest BCUT2D eigenvalue weighted by molar-refractivity contribution is 0.0389. The molecule has 1 aliphatic rings. The van der Waals surface area contributed by atoms with Gasteiger partial charge in [-0.15, -0.1) is 0 Å². The molecule has 1 aromatic rings. The van der Waals surface area contributed by atoms with Crippen LogP contribution in [0.15, 0.2) is 29.4 Å². The Morgan fingerprint density at radius 1 is 1.29 bits per heavy atom. The Bertz CT molecular complexity index is 542. The normalized spacial score (nSPS) is 15.8. The van der Waals surface area contributed by atoms with Crippen molar-refractivity contribution in [1.82, 2.24) is 15.6 Å². The summed E-state index contributed by atoms with van der Waals surface area (Å²) in [5.41, 5.74) is 4.79. The average Bonchev–Trinajstić information content (AvgIpc) is 2.61. The van der Waals surface area contributed by atoms with E-state index in [-0.39, 0.29) is 0 Å². The zero-order valence-corrected chi connectivity index (χ0v) is 15.2. The molecule has 0 radical (unpaired) electrons. The number of nitrogens with zero attached hydrogens (tertiary/aromatic N) is 2. The summed E-state index contributed by atoms with van der Waals surface area (Å²) in [5, 5.41) is 8.03. The molecule has 2 rings (SSSR count). The van der Waals surface area contributed by atoms with Crippen LogP contribution in [0.25, 0.3) is 0 Å². The molecule has 0 aliphatic carbocycles. The van der Waals surface area contributed by atoms with Crippen LogP contribution in [0.2, 0.25) is 0 Å². The highest BCUT2D eigenvalue weighted by atomic mass is 32.1. The molecule has 1 saturated heterocycles. The monoisotopic (exact) mass is 350 g/mol. The van der Waals surface area contributed by atoms with Crippen LogP contribution in [-0.2, 0) is 4.74 Å². The topological polar surface area (TPSA) is 58.1 Å². The van der Waals surface area contributed by atoms with Crippen LogP contribution in [0.4, 0.5) is 0 Å². The fourth-order valence-electron chi connectivity index (χ4n) is 2.35. The number of nitrogens with one attached hydrogen (secondary N) is 2. The van der Waals surface area contributed by atoms with Gasteiger partial charge in [0.05, 0.1) is 25.5 Å². The lowest BCUT2D eigenvalue weighted by atomic mass is 10.1. The minimum atomic E-state index is 0.536. The molecule has 1 fully saturated rings. The van der Waals surface area contributed by atoms with E-state index in [1.165, 1.54) is 0 Å². The molecule has 0 spiro atoms. The molecule has 6 nitrogen and oxygen atoms in total. The molecule has 24 heavy (non-hydrogen) atoms. The third-order valence-corrected chi connectivity index (χ3v) is 3.96. The van der Waals surface area contributed by atoms with Gasteiger partial charge in [-0.2, -0.15) is 5.10 Å². The lowest BCUT2D eigenvalue weighted by Crippen LogP contribution is -2.42. The molecule has 0 unspecified atom stereocenters. The molecule has 0 saturated carbocycles. The van der Waals surface area contributed by atoms with Crippen LogP contribution in [-0.4, -0.2) is 61.7 Å². The quantitative estimate of drug-likeness (QED) is 0.443. The standard InChI is InChI=1S/C17H26N4O2S/c1-3-23-16-6-4-15(5-7-16)14(2)19-20-17(24)18-8-9-21-10-12-22-13-11-21/h4-7H,3,8-13H2,1-2H3,(H2,18,20,24)/b19-14-. The van der Waals surface area contributed by atoms with Crippen molar-refractivity contribution in [2.24, 2.45) is 5.10 Å². The maximum atomic E-state index is 5.43. The van der Waals surface area contributed by atoms with Crippen molar-refractivity contribution in [3.8, 4) is 5.75 Å². The van der Waals surface area contributed by atoms with E-state index in [2.05, 4.69) is 20.7 Å². The van der Waals surface area contributed by atoms with Gasteiger partial charge in [-0.25, -0.2) is 0 Å². The van der Waals surface area contributed by atoms with Crippen LogP contribution in [0, 0.1) is 0 Å². The Morgan fingerprint density at radius 2 is 2.00 bits per heavy atom. The van der Waals surface area contributed by atoms with Crippen LogP contribution in [0.1, 0.15) is 19.4 Å². The molecule has 1 aliphatic heterocycles. The van der Waals surface area contributed by atoms with Crippen LogP contribution in [0.3, 0.4) is 0 Å². The number of benzene rings is 1. The van der Waals surface area contributed by atoms with Crippen LogP contribution in [0.5, 0.6) is 5.75 Å². The Hall–Kier alpha value is -1.70. The molecule has 1 heterocycles. The highest BCUT2D eigenvalue weighted by Crippen LogP contribution is 2.12. The molecule has 0 bridgehead atoms. The number of hydrogen-bond acceptors (Lipinski definition) is 5. The second-order valence-corrected chi connectivity index (χ2v) is 5.88. The van der Waals surface area contributed by atoms with Crippen LogP contribution >= 0.6 is 12.2 Å². The summed E-state index contributed by atoms with van der Waals surface area (Å²) in [7, 11) is 0. The van der Waals surface area contributed by atoms with Gasteiger partial charge in [-0.1, -0.05) is 0 Å². The Morgan fingerprint density at radius 3 is 2.67 bits per heavy atom. The second-order valence-electron chi connectivity index (χ2n) is 5.48. The van der Waals surface area contributed by atoms with E-state index in [1.807, 2.05) is 38.1 Å². The van der Waals surface area contributed by atoms with Crippen molar-refractivity contribution in [3.63, 3.8) is 0 Å². The molecule has 132 valence electrons. The zero-order chi connectivity index (χ0) is 17.2. The van der Waals surface area contributed by atoms with Crippen molar-refractivity contribution < 1.29 is 9.47 Å². The predicted molar refractivity (Wildman–Crippen MR) is 101 cm³/mol. The first-order valence-electron chi connectivity index (χ1n) is 8.30. The van der Waals surface area contributed by atoms with E-state index in [1.54, 1.807) is 0 Å². The van der Waals surface area contributed by atoms with E-state index < -0.39 is 0 Å². The summed E-state index contributed by atoms with van der Waals surface area (Å²) in [6, 6.07) is 7.86. The predicted octanol–water partition coefficient (Wildman–Crippen LogP) is 1.61. The van der Waals surface area contributed by atoms with Gasteiger partial charge in [0.1, 0.15) is 5.75 Å². The Labute approximate surface area is 149 Å². The molecular weight excluding hydrogens is 324 g/mol. The number of thiocarbonyl (C=S) groups is 1. The van der Waals surface area contributed by atoms with Gasteiger partial charge in [-0.05, 0) is 55.9 Å². The minimum Gasteiger partial charge on any atom is -0.494 e. The van der Waals surface area contributed by atoms with Crippen molar-refractivity contribution in [2.45, 2.75) is 13.8 Å². The third-order valence-electron chi connectivity index (χ3n) is 3.73. The van der Waals surface area contributed by atoms with E-state index in [4.69, 9.17) is 21.7 Å². The first kappa shape index (κ1) is 18.6. The van der Waals surface area contributed by atoms with Gasteiger partial charge in [0.15, 0.2) is 5.11 Å². The van der Waals surface area contributed by atoms with Crippen molar-refractivity contribution in [3.05, 3.63) is 29.8 Å². The fourth-order valence-corrected chi connectivity index (χ4v) is 2.50. The van der Waals surface area contributed by atoms with Crippen LogP contribution < -0.4 is 15.5 Å². The molecule has 7 heteroatoms. The average molecular weight is 350 g/mol. The number of ether oxygens (including phenoxy) is 2. The summed E-state index contributed by atoms with van der Waals surface area (Å²) in [4.78, 5) is 2.35. The summed E-state index contributed by atoms with van der Waals surface area (Å²) < 4.78 is 10.8. The fraction of sp³-hybridized carbons (Fsp3) is 0.529. The van der Waals surface area contributed by atoms with E-state index >= 15 is 0 Å². The number of hydrazone groups is 1. The van der Waals surface area contributed by atoms with Crippen molar-refractivity contribution in [2.75, 3.05) is 46.0 Å². The first-order chi connectivity index (χ1) is 11.7. The summed E-state index contributed by atoms with van der Waals surface area (Å²) in [6.07, 6.45) is 0. The Balaban J connectivity index is 1.71. The maximum absolute atomic E-state index is 5.43. The number of morpholine rings is 1. The SMILES string of the molecule is CCOc1ccc(/C(C)=N\NC(=S)NCCN2CCOCC2)cc1. The first-order valence-corrected chi connectivity index (χ1v) is 8.71. The molecule has 0 atom stereocenters. The molecule has 0 amide bonds. The van der Waals surface area contributed by atoms with Gasteiger partial charge in [0.2, 0.25) is 0 Å². The highest BCUT2D eigenvalue weighted by molar-refractivity contribution is 7.80. The van der Waals surface area contributed by atoms with Gasteiger partial charge >= 0.3 is 0 Å². The highest BCUT2D eigenvalue weighted by Gasteiger charge is 2.09. The van der Waals surface area contributed by atoms with E-state index in [0.29, 0.717) is 11.7 Å². The zero-order valence-electron chi connectivity index (χ0n) is 14.4. The number of hydrogen-bond donors (Lipinski definition) is 2.